The van der Waals surface area contributed by atoms with Crippen LogP contribution in [0.5, 0.6) is 0 Å². The first kappa shape index (κ1) is 29.2. The molecule has 0 saturated heterocycles. The van der Waals surface area contributed by atoms with Crippen molar-refractivity contribution in [2.75, 3.05) is 0 Å². The molecule has 0 aliphatic carbocycles. The largest absolute Gasteiger partial charge is 1.00 e. The van der Waals surface area contributed by atoms with Gasteiger partial charge in [-0.05, 0) is 0 Å². The van der Waals surface area contributed by atoms with E-state index in [0.717, 1.165) is 0 Å². The average molecular weight is 269 g/mol. The van der Waals surface area contributed by atoms with Crippen LogP contribution in [-0.2, 0) is 13.4 Å². The molecule has 0 fully saturated rings. The smallest absolute Gasteiger partial charge is 0.672 e. The van der Waals surface area contributed by atoms with Crippen LogP contribution < -0.4 is 58.3 Å². The van der Waals surface area contributed by atoms with Gasteiger partial charge in [0.1, 0.15) is 0 Å². The molecule has 0 heterocycles. The zero-order valence-electron chi connectivity index (χ0n) is 6.67. The molecular weight excluding hydrogens is 267 g/mol. The van der Waals surface area contributed by atoms with Crippen LogP contribution in [0.2, 0.25) is 0 Å². The zero-order chi connectivity index (χ0) is 10.7. The maximum absolute atomic E-state index is 8.52. The number of rotatable bonds is 0. The fraction of sp³-hybridized carbons (Fsp3) is 0. The molecule has 0 saturated carbocycles. The van der Waals surface area contributed by atoms with E-state index in [1.165, 1.54) is 0 Å². The zero-order valence-corrected chi connectivity index (χ0v) is 11.7. The van der Waals surface area contributed by atoms with E-state index < -0.39 is 27.5 Å². The molecule has 2 N–H and O–H groups in total. The van der Waals surface area contributed by atoms with Gasteiger partial charge >= 0.3 is 29.6 Å². The van der Waals surface area contributed by atoms with Crippen LogP contribution in [0.3, 0.4) is 0 Å². The van der Waals surface area contributed by atoms with Crippen molar-refractivity contribution in [1.82, 2.24) is 0 Å². The van der Waals surface area contributed by atoms with Gasteiger partial charge in [-0.2, -0.15) is 0 Å². The van der Waals surface area contributed by atoms with Crippen LogP contribution in [0.15, 0.2) is 0 Å². The van der Waals surface area contributed by atoms with E-state index in [1.807, 2.05) is 0 Å². The monoisotopic (exact) mass is 269 g/mol. The molecule has 0 atom stereocenters. The normalized spacial score (nSPS) is 5.14. The second-order valence-electron chi connectivity index (χ2n) is 0.750. The molecule has 0 aliphatic rings. The Hall–Kier alpha value is -0.189. The standard InChI is InChI=1S/Na.3O3Si.H2O/c;3*1-4(2)3;/h;;;;1H2/q+1;3*-2;. The van der Waals surface area contributed by atoms with Crippen LogP contribution in [0, 0.1) is 0 Å². The summed E-state index contributed by atoms with van der Waals surface area (Å²) in [6, 6.07) is 0. The summed E-state index contributed by atoms with van der Waals surface area (Å²) in [5, 5.41) is 0. The minimum Gasteiger partial charge on any atom is -0.672 e. The molecule has 14 heavy (non-hydrogen) atoms. The van der Waals surface area contributed by atoms with Crippen molar-refractivity contribution in [3.8, 4) is 0 Å². The quantitative estimate of drug-likeness (QED) is 0.380. The predicted octanol–water partition coefficient (Wildman–Crippen LogP) is -12.5. The third-order valence-corrected chi connectivity index (χ3v) is 0. The Morgan fingerprint density at radius 2 is 0.571 bits per heavy atom. The summed E-state index contributed by atoms with van der Waals surface area (Å²) in [5.74, 6) is 0. The van der Waals surface area contributed by atoms with Gasteiger partial charge in [0.05, 0.1) is 0 Å². The summed E-state index contributed by atoms with van der Waals surface area (Å²) in [6.07, 6.45) is 0. The second-order valence-corrected chi connectivity index (χ2v) is 2.25. The first-order valence-corrected chi connectivity index (χ1v) is 5.51. The second kappa shape index (κ2) is 23.0. The first-order chi connectivity index (χ1) is 5.20. The van der Waals surface area contributed by atoms with Gasteiger partial charge in [0.25, 0.3) is 0 Å². The van der Waals surface area contributed by atoms with Gasteiger partial charge in [-0.15, -0.1) is 0 Å². The molecule has 0 radical (unpaired) electrons. The third-order valence-electron chi connectivity index (χ3n) is 0. The summed E-state index contributed by atoms with van der Waals surface area (Å²) in [4.78, 5) is 51.1. The van der Waals surface area contributed by atoms with Crippen molar-refractivity contribution in [2.24, 2.45) is 0 Å². The van der Waals surface area contributed by atoms with Gasteiger partial charge in [-0.1, -0.05) is 0 Å². The fourth-order valence-electron chi connectivity index (χ4n) is 0. The molecule has 0 aromatic carbocycles. The van der Waals surface area contributed by atoms with E-state index in [2.05, 4.69) is 0 Å². The molecule has 0 aromatic rings. The van der Waals surface area contributed by atoms with Gasteiger partial charge < -0.3 is 47.6 Å². The minimum absolute atomic E-state index is 0. The van der Waals surface area contributed by atoms with Crippen molar-refractivity contribution in [3.63, 3.8) is 0 Å². The molecule has 0 bridgehead atoms. The van der Waals surface area contributed by atoms with Crippen molar-refractivity contribution in [1.29, 1.82) is 0 Å². The van der Waals surface area contributed by atoms with E-state index in [-0.39, 0.29) is 35.0 Å². The third kappa shape index (κ3) is 38500. The Morgan fingerprint density at radius 1 is 0.571 bits per heavy atom. The molecule has 80 valence electrons. The maximum atomic E-state index is 8.52. The van der Waals surface area contributed by atoms with Gasteiger partial charge in [0, 0.05) is 27.5 Å². The molecule has 0 rings (SSSR count). The Kier molecular flexibility index (Phi) is 48.0. The molecule has 0 unspecified atom stereocenters. The summed E-state index contributed by atoms with van der Waals surface area (Å²) in [6.45, 7) is 0. The van der Waals surface area contributed by atoms with E-state index in [9.17, 15) is 0 Å². The first-order valence-electron chi connectivity index (χ1n) is 1.84. The summed E-state index contributed by atoms with van der Waals surface area (Å²) in [5.41, 5.74) is 0. The van der Waals surface area contributed by atoms with Crippen molar-refractivity contribution in [2.45, 2.75) is 0 Å². The van der Waals surface area contributed by atoms with Gasteiger partial charge in [0.15, 0.2) is 0 Å². The predicted molar refractivity (Wildman–Crippen MR) is 22.9 cm³/mol. The van der Waals surface area contributed by atoms with E-state index in [1.54, 1.807) is 0 Å². The molecule has 0 aliphatic heterocycles. The maximum Gasteiger partial charge on any atom is 1.00 e. The Bertz CT molecular complexity index is 113. The number of hydrogen-bond acceptors (Lipinski definition) is 9. The number of hydrogen-bond donors (Lipinski definition) is 0. The van der Waals surface area contributed by atoms with Crippen LogP contribution in [0.1, 0.15) is 0 Å². The summed E-state index contributed by atoms with van der Waals surface area (Å²) >= 11 is 0. The van der Waals surface area contributed by atoms with Crippen molar-refractivity contribution >= 4 is 27.5 Å². The van der Waals surface area contributed by atoms with Gasteiger partial charge in [0.2, 0.25) is 0 Å². The van der Waals surface area contributed by atoms with Gasteiger partial charge in [-0.3, -0.25) is 0 Å². The Morgan fingerprint density at radius 3 is 0.571 bits per heavy atom. The molecule has 0 spiro atoms. The Labute approximate surface area is 104 Å². The fourth-order valence-corrected chi connectivity index (χ4v) is 0. The van der Waals surface area contributed by atoms with Gasteiger partial charge in [-0.25, -0.2) is 0 Å². The molecule has 14 heteroatoms. The SMILES string of the molecule is O.O=[Si]([O-])[O-].O=[Si]([O-])[O-].O=[Si]([O-])[O-].[Na+]. The van der Waals surface area contributed by atoms with Crippen LogP contribution >= 0.6 is 0 Å². The molecule has 0 amide bonds. The average Bonchev–Trinajstić information content (AvgIpc) is 1.54. The minimum atomic E-state index is -3.63. The van der Waals surface area contributed by atoms with Crippen LogP contribution in [-0.4, -0.2) is 33.0 Å². The summed E-state index contributed by atoms with van der Waals surface area (Å²) < 4.78 is 25.6. The molecule has 10 nitrogen and oxygen atoms in total. The Balaban J connectivity index is -0.0000000270. The van der Waals surface area contributed by atoms with Crippen molar-refractivity contribution in [3.05, 3.63) is 0 Å². The van der Waals surface area contributed by atoms with Crippen LogP contribution in [0.25, 0.3) is 0 Å². The van der Waals surface area contributed by atoms with E-state index in [0.29, 0.717) is 0 Å². The van der Waals surface area contributed by atoms with Crippen LogP contribution in [0.4, 0.5) is 0 Å². The topological polar surface area (TPSA) is 221 Å². The van der Waals surface area contributed by atoms with Crippen molar-refractivity contribution < 1.29 is 77.2 Å². The summed E-state index contributed by atoms with van der Waals surface area (Å²) in [7, 11) is -10.9. The molecule has 0 aromatic heterocycles. The molecular formula is H2NaO10Si3-5. The van der Waals surface area contributed by atoms with E-state index >= 15 is 0 Å². The van der Waals surface area contributed by atoms with E-state index in [4.69, 9.17) is 42.2 Å².